The second-order valence-corrected chi connectivity index (χ2v) is 10.6. The van der Waals surface area contributed by atoms with E-state index in [1.165, 1.54) is 35.2 Å². The maximum absolute atomic E-state index is 13.4. The molecular formula is C23H24FN5O2S2. The number of hydrogen-bond donors (Lipinski definition) is 1. The van der Waals surface area contributed by atoms with Gasteiger partial charge in [-0.3, -0.25) is 0 Å². The minimum Gasteiger partial charge on any atom is -0.444 e. The van der Waals surface area contributed by atoms with Crippen LogP contribution in [-0.2, 0) is 16.9 Å². The molecule has 1 amide bonds. The van der Waals surface area contributed by atoms with Crippen molar-refractivity contribution in [3.63, 3.8) is 0 Å². The number of ether oxygens (including phenoxy) is 1. The summed E-state index contributed by atoms with van der Waals surface area (Å²) in [6, 6.07) is 15.8. The number of halogens is 1. The molecule has 0 bridgehead atoms. The van der Waals surface area contributed by atoms with Crippen LogP contribution in [-0.4, -0.2) is 31.5 Å². The first-order valence-electron chi connectivity index (χ1n) is 10.4. The number of thioether (sulfide) groups is 1. The first kappa shape index (κ1) is 23.2. The number of amides is 1. The highest BCUT2D eigenvalue weighted by Crippen LogP contribution is 2.29. The van der Waals surface area contributed by atoms with Gasteiger partial charge in [0.1, 0.15) is 11.4 Å². The summed E-state index contributed by atoms with van der Waals surface area (Å²) < 4.78 is 21.3. The molecule has 0 aliphatic heterocycles. The zero-order valence-corrected chi connectivity index (χ0v) is 20.1. The largest absolute Gasteiger partial charge is 0.444 e. The number of aromatic nitrogens is 4. The van der Waals surface area contributed by atoms with Crippen LogP contribution in [0.5, 0.6) is 0 Å². The Bertz CT molecular complexity index is 1240. The number of nitrogens with one attached hydrogen (secondary N) is 1. The maximum atomic E-state index is 13.4. The van der Waals surface area contributed by atoms with Gasteiger partial charge >= 0.3 is 6.09 Å². The average Bonchev–Trinajstić information content (AvgIpc) is 3.32. The maximum Gasteiger partial charge on any atom is 0.408 e. The highest BCUT2D eigenvalue weighted by molar-refractivity contribution is 8.00. The molecule has 4 rings (SSSR count). The minimum absolute atomic E-state index is 0.259. The Hall–Kier alpha value is -2.98. The van der Waals surface area contributed by atoms with E-state index < -0.39 is 17.7 Å². The highest BCUT2D eigenvalue weighted by atomic mass is 32.2. The van der Waals surface area contributed by atoms with Crippen molar-refractivity contribution >= 4 is 34.2 Å². The highest BCUT2D eigenvalue weighted by Gasteiger charge is 2.26. The van der Waals surface area contributed by atoms with Crippen molar-refractivity contribution in [2.24, 2.45) is 0 Å². The summed E-state index contributed by atoms with van der Waals surface area (Å²) in [4.78, 5) is 13.2. The smallest absolute Gasteiger partial charge is 0.408 e. The van der Waals surface area contributed by atoms with Crippen LogP contribution in [0.1, 0.15) is 43.8 Å². The third-order valence-corrected chi connectivity index (χ3v) is 6.64. The molecule has 0 radical (unpaired) electrons. The number of alkyl carbamates (subject to hydrolysis) is 1. The number of carbonyl (C=O) groups is 1. The molecule has 1 N–H and O–H groups in total. The Morgan fingerprint density at radius 3 is 2.64 bits per heavy atom. The monoisotopic (exact) mass is 485 g/mol. The van der Waals surface area contributed by atoms with Crippen molar-refractivity contribution in [1.29, 1.82) is 0 Å². The summed E-state index contributed by atoms with van der Waals surface area (Å²) in [6.07, 6.45) is -0.0272. The third-order valence-electron chi connectivity index (χ3n) is 4.53. The predicted octanol–water partition coefficient (Wildman–Crippen LogP) is 5.43. The summed E-state index contributed by atoms with van der Waals surface area (Å²) in [7, 11) is 0. The lowest BCUT2D eigenvalue weighted by molar-refractivity contribution is 0.0500. The standard InChI is InChI=1S/C23H24FN5O2S2/c1-23(2,3)31-21(30)25-18(13-15-8-5-4-6-9-15)19-26-27-20-29(19)28-22(33-20)32-14-16-10-7-11-17(24)12-16/h4-12,18H,13-14H2,1-3H3,(H,25,30)/t18-/m0/s1. The zero-order chi connectivity index (χ0) is 23.4. The molecular weight excluding hydrogens is 461 g/mol. The number of carbonyl (C=O) groups excluding carboxylic acids is 1. The molecule has 4 aromatic rings. The van der Waals surface area contributed by atoms with E-state index in [1.54, 1.807) is 10.6 Å². The minimum atomic E-state index is -0.622. The van der Waals surface area contributed by atoms with E-state index in [0.29, 0.717) is 23.0 Å². The number of benzene rings is 2. The van der Waals surface area contributed by atoms with Gasteiger partial charge in [0.05, 0.1) is 6.04 Å². The molecule has 0 spiro atoms. The predicted molar refractivity (Wildman–Crippen MR) is 127 cm³/mol. The second-order valence-electron chi connectivity index (χ2n) is 8.43. The van der Waals surface area contributed by atoms with Gasteiger partial charge in [0, 0.05) is 12.2 Å². The Labute approximate surface area is 199 Å². The summed E-state index contributed by atoms with van der Waals surface area (Å²) in [6.45, 7) is 5.45. The summed E-state index contributed by atoms with van der Waals surface area (Å²) >= 11 is 2.90. The Kier molecular flexibility index (Phi) is 6.94. The molecule has 0 saturated heterocycles. The van der Waals surface area contributed by atoms with E-state index in [1.807, 2.05) is 57.2 Å². The van der Waals surface area contributed by atoms with Gasteiger partial charge in [0.2, 0.25) is 4.96 Å². The van der Waals surface area contributed by atoms with Gasteiger partial charge in [-0.15, -0.1) is 15.3 Å². The summed E-state index contributed by atoms with van der Waals surface area (Å²) in [5.41, 5.74) is 1.29. The van der Waals surface area contributed by atoms with Gasteiger partial charge in [-0.05, 0) is 44.0 Å². The molecule has 7 nitrogen and oxygen atoms in total. The van der Waals surface area contributed by atoms with Crippen LogP contribution in [0.3, 0.4) is 0 Å². The van der Waals surface area contributed by atoms with Crippen LogP contribution >= 0.6 is 23.1 Å². The van der Waals surface area contributed by atoms with Gasteiger partial charge in [0.15, 0.2) is 10.2 Å². The van der Waals surface area contributed by atoms with Crippen molar-refractivity contribution < 1.29 is 13.9 Å². The topological polar surface area (TPSA) is 81.4 Å². The molecule has 1 atom stereocenters. The van der Waals surface area contributed by atoms with Crippen LogP contribution < -0.4 is 5.32 Å². The van der Waals surface area contributed by atoms with E-state index in [9.17, 15) is 9.18 Å². The fourth-order valence-corrected chi connectivity index (χ4v) is 4.99. The first-order valence-corrected chi connectivity index (χ1v) is 12.2. The average molecular weight is 486 g/mol. The third kappa shape index (κ3) is 6.29. The Balaban J connectivity index is 1.56. The van der Waals surface area contributed by atoms with Crippen molar-refractivity contribution in [1.82, 2.24) is 25.1 Å². The molecule has 0 aliphatic carbocycles. The fourth-order valence-electron chi connectivity index (χ4n) is 3.17. The van der Waals surface area contributed by atoms with Gasteiger partial charge in [-0.2, -0.15) is 4.52 Å². The van der Waals surface area contributed by atoms with Crippen LogP contribution in [0.25, 0.3) is 4.96 Å². The fraction of sp³-hybridized carbons (Fsp3) is 0.304. The number of nitrogens with zero attached hydrogens (tertiary/aromatic N) is 4. The lowest BCUT2D eigenvalue weighted by Gasteiger charge is -2.22. The Morgan fingerprint density at radius 1 is 1.15 bits per heavy atom. The molecule has 2 heterocycles. The van der Waals surface area contributed by atoms with Gasteiger partial charge in [-0.25, -0.2) is 9.18 Å². The van der Waals surface area contributed by atoms with Crippen LogP contribution in [0.15, 0.2) is 58.9 Å². The SMILES string of the molecule is CC(C)(C)OC(=O)N[C@@H](Cc1ccccc1)c1nnc2sc(SCc3cccc(F)c3)nn12. The second kappa shape index (κ2) is 9.88. The van der Waals surface area contributed by atoms with E-state index in [0.717, 1.165) is 15.5 Å². The van der Waals surface area contributed by atoms with Gasteiger partial charge in [-0.1, -0.05) is 65.6 Å². The zero-order valence-electron chi connectivity index (χ0n) is 18.5. The Morgan fingerprint density at radius 2 is 1.91 bits per heavy atom. The van der Waals surface area contributed by atoms with Crippen LogP contribution in [0, 0.1) is 5.82 Å². The molecule has 10 heteroatoms. The van der Waals surface area contributed by atoms with Crippen molar-refractivity contribution in [3.05, 3.63) is 77.4 Å². The molecule has 0 aliphatic rings. The van der Waals surface area contributed by atoms with E-state index in [4.69, 9.17) is 4.74 Å². The quantitative estimate of drug-likeness (QED) is 0.352. The van der Waals surface area contributed by atoms with Crippen LogP contribution in [0.2, 0.25) is 0 Å². The van der Waals surface area contributed by atoms with Crippen molar-refractivity contribution in [3.8, 4) is 0 Å². The normalized spacial score (nSPS) is 12.6. The van der Waals surface area contributed by atoms with E-state index >= 15 is 0 Å². The van der Waals surface area contributed by atoms with E-state index in [-0.39, 0.29) is 5.82 Å². The molecule has 0 saturated carbocycles. The molecule has 2 aromatic heterocycles. The van der Waals surface area contributed by atoms with Crippen LogP contribution in [0.4, 0.5) is 9.18 Å². The molecule has 33 heavy (non-hydrogen) atoms. The lowest BCUT2D eigenvalue weighted by Crippen LogP contribution is -2.36. The van der Waals surface area contributed by atoms with Gasteiger partial charge in [0.25, 0.3) is 0 Å². The molecule has 0 fully saturated rings. The number of hydrogen-bond acceptors (Lipinski definition) is 7. The number of fused-ring (bicyclic) bond motifs is 1. The molecule has 172 valence electrons. The van der Waals surface area contributed by atoms with E-state index in [2.05, 4.69) is 20.6 Å². The summed E-state index contributed by atoms with van der Waals surface area (Å²) in [5.74, 6) is 0.847. The first-order chi connectivity index (χ1) is 15.8. The number of rotatable bonds is 7. The van der Waals surface area contributed by atoms with Gasteiger partial charge < -0.3 is 10.1 Å². The lowest BCUT2D eigenvalue weighted by atomic mass is 10.1. The van der Waals surface area contributed by atoms with Crippen molar-refractivity contribution in [2.75, 3.05) is 0 Å². The van der Waals surface area contributed by atoms with Crippen molar-refractivity contribution in [2.45, 2.75) is 48.9 Å². The molecule has 0 unspecified atom stereocenters. The summed E-state index contributed by atoms with van der Waals surface area (Å²) in [5, 5.41) is 16.1. The molecule has 2 aromatic carbocycles.